The van der Waals surface area contributed by atoms with Crippen molar-refractivity contribution >= 4 is 40.9 Å². The van der Waals surface area contributed by atoms with Crippen molar-refractivity contribution in [2.75, 3.05) is 25.4 Å². The molecule has 0 aliphatic heterocycles. The van der Waals surface area contributed by atoms with Crippen LogP contribution >= 0.6 is 23.1 Å². The standard InChI is InChI=1S/C20H24N2O4S2/c1-14-5-6-16(10-15(14)2)20(25)22-11-19(24)26-12-18(23)21-7-9-27-13-17-4-3-8-28-17/h3-6,8,10H,7,9,11-13H2,1-2H3,(H,21,23)(H,22,25). The molecule has 0 aliphatic rings. The molecule has 0 saturated carbocycles. The Morgan fingerprint density at radius 1 is 1.11 bits per heavy atom. The topological polar surface area (TPSA) is 84.5 Å². The monoisotopic (exact) mass is 420 g/mol. The number of esters is 1. The van der Waals surface area contributed by atoms with E-state index in [0.717, 1.165) is 22.6 Å². The van der Waals surface area contributed by atoms with E-state index < -0.39 is 5.97 Å². The third-order valence-electron chi connectivity index (χ3n) is 3.92. The summed E-state index contributed by atoms with van der Waals surface area (Å²) in [6.07, 6.45) is 0. The molecule has 8 heteroatoms. The Hall–Kier alpha value is -2.32. The van der Waals surface area contributed by atoms with Crippen molar-refractivity contribution < 1.29 is 19.1 Å². The third kappa shape index (κ3) is 7.74. The first kappa shape index (κ1) is 22.0. The fraction of sp³-hybridized carbons (Fsp3) is 0.350. The molecular formula is C20H24N2O4S2. The molecule has 0 fully saturated rings. The predicted octanol–water partition coefficient (Wildman–Crippen LogP) is 2.69. The smallest absolute Gasteiger partial charge is 0.325 e. The number of carbonyl (C=O) groups excluding carboxylic acids is 3. The number of amides is 2. The second kappa shape index (κ2) is 11.5. The first-order valence-electron chi connectivity index (χ1n) is 8.83. The maximum atomic E-state index is 12.0. The summed E-state index contributed by atoms with van der Waals surface area (Å²) in [5, 5.41) is 7.23. The second-order valence-electron chi connectivity index (χ2n) is 6.12. The molecule has 0 aliphatic carbocycles. The van der Waals surface area contributed by atoms with Gasteiger partial charge in [-0.05, 0) is 48.6 Å². The van der Waals surface area contributed by atoms with Gasteiger partial charge in [0.15, 0.2) is 6.61 Å². The highest BCUT2D eigenvalue weighted by Gasteiger charge is 2.11. The summed E-state index contributed by atoms with van der Waals surface area (Å²) < 4.78 is 4.88. The van der Waals surface area contributed by atoms with E-state index >= 15 is 0 Å². The number of hydrogen-bond donors (Lipinski definition) is 2. The highest BCUT2D eigenvalue weighted by Crippen LogP contribution is 2.16. The average Bonchev–Trinajstić information content (AvgIpc) is 3.19. The molecule has 1 heterocycles. The summed E-state index contributed by atoms with van der Waals surface area (Å²) in [5.41, 5.74) is 2.57. The van der Waals surface area contributed by atoms with Crippen molar-refractivity contribution in [1.29, 1.82) is 0 Å². The van der Waals surface area contributed by atoms with Crippen LogP contribution in [0, 0.1) is 13.8 Å². The zero-order valence-corrected chi connectivity index (χ0v) is 17.6. The molecule has 1 aromatic heterocycles. The minimum Gasteiger partial charge on any atom is -0.454 e. The van der Waals surface area contributed by atoms with Crippen LogP contribution in [0.1, 0.15) is 26.4 Å². The fourth-order valence-electron chi connectivity index (χ4n) is 2.22. The lowest BCUT2D eigenvalue weighted by molar-refractivity contribution is -0.147. The van der Waals surface area contributed by atoms with Gasteiger partial charge in [-0.2, -0.15) is 11.8 Å². The maximum Gasteiger partial charge on any atom is 0.325 e. The van der Waals surface area contributed by atoms with Crippen molar-refractivity contribution in [3.63, 3.8) is 0 Å². The van der Waals surface area contributed by atoms with Gasteiger partial charge in [0.2, 0.25) is 0 Å². The van der Waals surface area contributed by atoms with Gasteiger partial charge in [0, 0.05) is 28.5 Å². The van der Waals surface area contributed by atoms with Crippen LogP contribution in [0.5, 0.6) is 0 Å². The van der Waals surface area contributed by atoms with E-state index in [0.29, 0.717) is 12.1 Å². The number of aryl methyl sites for hydroxylation is 2. The van der Waals surface area contributed by atoms with Crippen molar-refractivity contribution in [3.8, 4) is 0 Å². The normalized spacial score (nSPS) is 10.4. The van der Waals surface area contributed by atoms with Crippen molar-refractivity contribution in [2.24, 2.45) is 0 Å². The van der Waals surface area contributed by atoms with E-state index in [2.05, 4.69) is 16.7 Å². The summed E-state index contributed by atoms with van der Waals surface area (Å²) in [5.74, 6) is 0.337. The lowest BCUT2D eigenvalue weighted by Crippen LogP contribution is -2.34. The van der Waals surface area contributed by atoms with Crippen LogP contribution in [-0.4, -0.2) is 43.2 Å². The molecule has 2 rings (SSSR count). The van der Waals surface area contributed by atoms with Gasteiger partial charge in [-0.25, -0.2) is 0 Å². The van der Waals surface area contributed by atoms with Crippen LogP contribution < -0.4 is 10.6 Å². The molecule has 0 unspecified atom stereocenters. The van der Waals surface area contributed by atoms with E-state index in [-0.39, 0.29) is 25.0 Å². The number of thioether (sulfide) groups is 1. The van der Waals surface area contributed by atoms with Crippen LogP contribution in [0.15, 0.2) is 35.7 Å². The molecule has 6 nitrogen and oxygen atoms in total. The van der Waals surface area contributed by atoms with E-state index in [4.69, 9.17) is 4.74 Å². The summed E-state index contributed by atoms with van der Waals surface area (Å²) in [6, 6.07) is 9.41. The molecule has 0 atom stereocenters. The number of carbonyl (C=O) groups is 3. The lowest BCUT2D eigenvalue weighted by Gasteiger charge is -2.08. The van der Waals surface area contributed by atoms with Crippen LogP contribution in [-0.2, 0) is 20.1 Å². The maximum absolute atomic E-state index is 12.0. The number of hydrogen-bond acceptors (Lipinski definition) is 6. The summed E-state index contributed by atoms with van der Waals surface area (Å²) in [4.78, 5) is 36.7. The largest absolute Gasteiger partial charge is 0.454 e. The molecule has 2 amide bonds. The molecule has 0 saturated heterocycles. The first-order valence-corrected chi connectivity index (χ1v) is 10.9. The van der Waals surface area contributed by atoms with Gasteiger partial charge in [0.05, 0.1) is 0 Å². The van der Waals surface area contributed by atoms with Crippen LogP contribution in [0.4, 0.5) is 0 Å². The number of rotatable bonds is 10. The summed E-state index contributed by atoms with van der Waals surface area (Å²) in [7, 11) is 0. The van der Waals surface area contributed by atoms with Gasteiger partial charge in [-0.3, -0.25) is 14.4 Å². The van der Waals surface area contributed by atoms with Crippen LogP contribution in [0.2, 0.25) is 0 Å². The Kier molecular flexibility index (Phi) is 9.03. The van der Waals surface area contributed by atoms with E-state index in [1.807, 2.05) is 31.4 Å². The highest BCUT2D eigenvalue weighted by atomic mass is 32.2. The first-order chi connectivity index (χ1) is 13.5. The third-order valence-corrected chi connectivity index (χ3v) is 5.99. The lowest BCUT2D eigenvalue weighted by atomic mass is 10.1. The van der Waals surface area contributed by atoms with Crippen molar-refractivity contribution in [3.05, 3.63) is 57.3 Å². The molecule has 0 bridgehead atoms. The van der Waals surface area contributed by atoms with E-state index in [1.165, 1.54) is 4.88 Å². The predicted molar refractivity (Wildman–Crippen MR) is 113 cm³/mol. The summed E-state index contributed by atoms with van der Waals surface area (Å²) in [6.45, 7) is 3.75. The highest BCUT2D eigenvalue weighted by molar-refractivity contribution is 7.98. The molecule has 150 valence electrons. The Bertz CT molecular complexity index is 807. The number of benzene rings is 1. The second-order valence-corrected chi connectivity index (χ2v) is 8.26. The number of thiophene rings is 1. The molecule has 2 aromatic rings. The molecular weight excluding hydrogens is 396 g/mol. The van der Waals surface area contributed by atoms with Crippen LogP contribution in [0.25, 0.3) is 0 Å². The van der Waals surface area contributed by atoms with Gasteiger partial charge in [-0.1, -0.05) is 12.1 Å². The Balaban J connectivity index is 1.56. The average molecular weight is 421 g/mol. The van der Waals surface area contributed by atoms with Gasteiger partial charge in [0.25, 0.3) is 11.8 Å². The fourth-order valence-corrected chi connectivity index (χ4v) is 3.91. The SMILES string of the molecule is Cc1ccc(C(=O)NCC(=O)OCC(=O)NCCSCc2cccs2)cc1C. The summed E-state index contributed by atoms with van der Waals surface area (Å²) >= 11 is 3.44. The Morgan fingerprint density at radius 3 is 2.64 bits per heavy atom. The molecule has 0 radical (unpaired) electrons. The number of nitrogens with one attached hydrogen (secondary N) is 2. The van der Waals surface area contributed by atoms with Crippen molar-refractivity contribution in [2.45, 2.75) is 19.6 Å². The molecule has 2 N–H and O–H groups in total. The van der Waals surface area contributed by atoms with Gasteiger partial charge in [0.1, 0.15) is 6.54 Å². The van der Waals surface area contributed by atoms with E-state index in [1.54, 1.807) is 35.2 Å². The number of ether oxygens (including phenoxy) is 1. The minimum atomic E-state index is -0.653. The minimum absolute atomic E-state index is 0.282. The molecule has 0 spiro atoms. The van der Waals surface area contributed by atoms with Gasteiger partial charge >= 0.3 is 5.97 Å². The van der Waals surface area contributed by atoms with Gasteiger partial charge < -0.3 is 15.4 Å². The van der Waals surface area contributed by atoms with Crippen LogP contribution in [0.3, 0.4) is 0 Å². The van der Waals surface area contributed by atoms with E-state index in [9.17, 15) is 14.4 Å². The Morgan fingerprint density at radius 2 is 1.93 bits per heavy atom. The zero-order valence-electron chi connectivity index (χ0n) is 15.9. The van der Waals surface area contributed by atoms with Crippen molar-refractivity contribution in [1.82, 2.24) is 10.6 Å². The molecule has 1 aromatic carbocycles. The quantitative estimate of drug-likeness (QED) is 0.456. The van der Waals surface area contributed by atoms with Gasteiger partial charge in [-0.15, -0.1) is 11.3 Å². The molecule has 28 heavy (non-hydrogen) atoms. The zero-order chi connectivity index (χ0) is 20.4. The Labute approximate surface area is 173 Å².